The number of hydrogen-bond acceptors (Lipinski definition) is 5. The Labute approximate surface area is 274 Å². The van der Waals surface area contributed by atoms with Crippen LogP contribution in [-0.4, -0.2) is 63.6 Å². The first-order valence-corrected chi connectivity index (χ1v) is 16.5. The number of carbonyl (C=O) groups is 2. The van der Waals surface area contributed by atoms with Crippen molar-refractivity contribution < 1.29 is 28.7 Å². The van der Waals surface area contributed by atoms with Gasteiger partial charge < -0.3 is 24.4 Å². The molecule has 0 aromatic heterocycles. The first-order chi connectivity index (χ1) is 20.6. The second-order valence-corrected chi connectivity index (χ2v) is 14.9. The summed E-state index contributed by atoms with van der Waals surface area (Å²) in [6, 6.07) is 21.7. The lowest BCUT2D eigenvalue weighted by Crippen LogP contribution is -2.65. The van der Waals surface area contributed by atoms with Crippen molar-refractivity contribution in [2.75, 3.05) is 24.7 Å². The minimum atomic E-state index is -0.439. The summed E-state index contributed by atoms with van der Waals surface area (Å²) in [5.74, 6) is -0.0720. The van der Waals surface area contributed by atoms with Crippen LogP contribution in [0.1, 0.15) is 36.8 Å². The van der Waals surface area contributed by atoms with E-state index >= 15 is 0 Å². The quantitative estimate of drug-likeness (QED) is 0.0748. The van der Waals surface area contributed by atoms with Gasteiger partial charge in [0, 0.05) is 22.9 Å². The van der Waals surface area contributed by atoms with Gasteiger partial charge in [0.1, 0.15) is 18.2 Å². The molecule has 3 aliphatic heterocycles. The van der Waals surface area contributed by atoms with E-state index in [4.69, 9.17) is 9.47 Å². The minimum Gasteiger partial charge on any atom is -0.445 e. The summed E-state index contributed by atoms with van der Waals surface area (Å²) in [6.07, 6.45) is 3.24. The normalized spacial score (nSPS) is 26.3. The Hall–Kier alpha value is -2.51. The highest BCUT2D eigenvalue weighted by molar-refractivity contribution is 14.1. The van der Waals surface area contributed by atoms with Gasteiger partial charge in [-0.3, -0.25) is 10.1 Å². The SMILES string of the molecule is C[N+]1(C)[C@H]2C[C@H](OC(=O)Nc3ccc(CCCC(=O)Nc4ccc(CO)cc4Br)cc3-c3ccccc3)C[C@@]1(I)[C@@H]1O[C@H]12. The molecule has 226 valence electrons. The van der Waals surface area contributed by atoms with Crippen LogP contribution in [0.2, 0.25) is 0 Å². The average Bonchev–Trinajstić information content (AvgIpc) is 3.77. The number of benzene rings is 3. The number of amides is 2. The van der Waals surface area contributed by atoms with Gasteiger partial charge in [0.2, 0.25) is 5.91 Å². The van der Waals surface area contributed by atoms with E-state index in [0.29, 0.717) is 36.7 Å². The fourth-order valence-corrected chi connectivity index (χ4v) is 8.56. The summed E-state index contributed by atoms with van der Waals surface area (Å²) in [7, 11) is 4.53. The molecule has 3 heterocycles. The van der Waals surface area contributed by atoms with E-state index in [1.165, 1.54) is 0 Å². The molecule has 6 rings (SSSR count). The number of aliphatic hydroxyl groups excluding tert-OH is 1. The summed E-state index contributed by atoms with van der Waals surface area (Å²) >= 11 is 5.98. The summed E-state index contributed by atoms with van der Waals surface area (Å²) < 4.78 is 13.5. The van der Waals surface area contributed by atoms with E-state index in [-0.39, 0.29) is 34.4 Å². The number of fused-ring (bicyclic) bond motifs is 5. The van der Waals surface area contributed by atoms with Gasteiger partial charge in [-0.25, -0.2) is 4.79 Å². The van der Waals surface area contributed by atoms with Crippen LogP contribution in [0, 0.1) is 0 Å². The zero-order valence-electron chi connectivity index (χ0n) is 24.2. The van der Waals surface area contributed by atoms with Crippen molar-refractivity contribution in [1.29, 1.82) is 0 Å². The molecule has 0 radical (unpaired) electrons. The number of aliphatic hydroxyl groups is 1. The van der Waals surface area contributed by atoms with Crippen molar-refractivity contribution >= 4 is 61.9 Å². The van der Waals surface area contributed by atoms with Crippen LogP contribution in [0.5, 0.6) is 0 Å². The first kappa shape index (κ1) is 30.5. The van der Waals surface area contributed by atoms with E-state index in [9.17, 15) is 14.7 Å². The highest BCUT2D eigenvalue weighted by Gasteiger charge is 2.78. The van der Waals surface area contributed by atoms with Crippen LogP contribution in [-0.2, 0) is 27.3 Å². The number of aryl methyl sites for hydroxylation is 1. The molecular formula is C33H36BrIN3O5+. The number of quaternary nitrogens is 1. The number of ether oxygens (including phenoxy) is 2. The number of rotatable bonds is 9. The zero-order chi connectivity index (χ0) is 30.4. The number of hydrogen-bond donors (Lipinski definition) is 3. The van der Waals surface area contributed by atoms with Crippen molar-refractivity contribution in [3.05, 3.63) is 82.3 Å². The van der Waals surface area contributed by atoms with Crippen molar-refractivity contribution in [2.45, 2.75) is 66.6 Å². The average molecular weight is 761 g/mol. The van der Waals surface area contributed by atoms with Gasteiger partial charge in [-0.15, -0.1) is 0 Å². The largest absolute Gasteiger partial charge is 0.445 e. The Morgan fingerprint density at radius 1 is 1.07 bits per heavy atom. The molecule has 3 N–H and O–H groups in total. The molecule has 0 unspecified atom stereocenters. The van der Waals surface area contributed by atoms with Gasteiger partial charge in [0.25, 0.3) is 0 Å². The monoisotopic (exact) mass is 760 g/mol. The molecule has 0 saturated carbocycles. The molecule has 2 amide bonds. The molecule has 3 fully saturated rings. The minimum absolute atomic E-state index is 0.0536. The van der Waals surface area contributed by atoms with Crippen LogP contribution in [0.25, 0.3) is 11.1 Å². The van der Waals surface area contributed by atoms with Crippen LogP contribution < -0.4 is 10.6 Å². The summed E-state index contributed by atoms with van der Waals surface area (Å²) in [5, 5.41) is 15.2. The van der Waals surface area contributed by atoms with Crippen LogP contribution in [0.3, 0.4) is 0 Å². The first-order valence-electron chi connectivity index (χ1n) is 14.6. The Morgan fingerprint density at radius 3 is 2.53 bits per heavy atom. The van der Waals surface area contributed by atoms with Crippen LogP contribution >= 0.6 is 38.5 Å². The predicted octanol–water partition coefficient (Wildman–Crippen LogP) is 6.64. The number of anilines is 2. The van der Waals surface area contributed by atoms with Crippen LogP contribution in [0.15, 0.2) is 71.2 Å². The highest BCUT2D eigenvalue weighted by Crippen LogP contribution is 2.61. The lowest BCUT2D eigenvalue weighted by atomic mass is 9.96. The summed E-state index contributed by atoms with van der Waals surface area (Å²) in [4.78, 5) is 25.8. The van der Waals surface area contributed by atoms with Crippen molar-refractivity contribution in [3.63, 3.8) is 0 Å². The van der Waals surface area contributed by atoms with E-state index in [0.717, 1.165) is 44.1 Å². The van der Waals surface area contributed by atoms with E-state index in [1.54, 1.807) is 18.2 Å². The number of morpholine rings is 1. The Kier molecular flexibility index (Phi) is 8.60. The molecule has 2 bridgehead atoms. The molecule has 10 heteroatoms. The second-order valence-electron chi connectivity index (χ2n) is 12.2. The Bertz CT molecular complexity index is 1540. The number of likely N-dealkylation sites (N-methyl/N-ethyl adjacent to an activating group) is 1. The molecule has 5 atom stereocenters. The van der Waals surface area contributed by atoms with Crippen molar-refractivity contribution in [3.8, 4) is 11.1 Å². The van der Waals surface area contributed by atoms with E-state index < -0.39 is 6.09 Å². The molecular weight excluding hydrogens is 725 g/mol. The number of halogens is 2. The fraction of sp³-hybridized carbons (Fsp3) is 0.394. The molecule has 0 spiro atoms. The molecule has 8 nitrogen and oxygen atoms in total. The van der Waals surface area contributed by atoms with Gasteiger partial charge in [-0.05, 0) is 92.3 Å². The lowest BCUT2D eigenvalue weighted by molar-refractivity contribution is -0.943. The number of carbonyl (C=O) groups excluding carboxylic acids is 2. The lowest BCUT2D eigenvalue weighted by Gasteiger charge is -2.50. The van der Waals surface area contributed by atoms with Gasteiger partial charge >= 0.3 is 6.09 Å². The van der Waals surface area contributed by atoms with Gasteiger partial charge in [-0.1, -0.05) is 42.5 Å². The van der Waals surface area contributed by atoms with Gasteiger partial charge in [-0.2, -0.15) is 0 Å². The topological polar surface area (TPSA) is 100 Å². The van der Waals surface area contributed by atoms with E-state index in [2.05, 4.69) is 69.3 Å². The maximum absolute atomic E-state index is 13.2. The maximum atomic E-state index is 13.2. The highest BCUT2D eigenvalue weighted by atomic mass is 127. The molecule has 3 aromatic carbocycles. The maximum Gasteiger partial charge on any atom is 0.411 e. The smallest absolute Gasteiger partial charge is 0.411 e. The molecule has 3 saturated heterocycles. The fourth-order valence-electron chi connectivity index (χ4n) is 6.68. The third-order valence-electron chi connectivity index (χ3n) is 9.18. The van der Waals surface area contributed by atoms with Crippen molar-refractivity contribution in [1.82, 2.24) is 0 Å². The standard InChI is InChI=1S/C33H35BrIN3O5/c1-38(2)28-17-23(18-33(38,35)31-30(28)43-31)42-32(41)37-26-13-11-20(15-24(26)22-8-4-3-5-9-22)7-6-10-29(40)36-27-14-12-21(19-39)16-25(27)34/h3-5,8-9,11-16,23,28,30-31,39H,6-7,10,17-19H2,1-2H3,(H-,36,37,40,41)/p+1/t23-,28-,30-,31+,33-/m0/s1. The second kappa shape index (κ2) is 12.1. The third kappa shape index (κ3) is 6.09. The van der Waals surface area contributed by atoms with Crippen molar-refractivity contribution in [2.24, 2.45) is 0 Å². The number of nitrogens with one attached hydrogen (secondary N) is 2. The third-order valence-corrected chi connectivity index (χ3v) is 12.1. The predicted molar refractivity (Wildman–Crippen MR) is 178 cm³/mol. The molecule has 43 heavy (non-hydrogen) atoms. The van der Waals surface area contributed by atoms with Gasteiger partial charge in [0.05, 0.1) is 38.5 Å². The zero-order valence-corrected chi connectivity index (χ0v) is 27.9. The molecule has 3 aliphatic rings. The summed E-state index contributed by atoms with van der Waals surface area (Å²) in [5.41, 5.74) is 5.13. The molecule has 3 aromatic rings. The molecule has 0 aliphatic carbocycles. The van der Waals surface area contributed by atoms with Crippen LogP contribution in [0.4, 0.5) is 16.2 Å². The van der Waals surface area contributed by atoms with E-state index in [1.807, 2.05) is 42.5 Å². The number of alkyl halides is 1. The Morgan fingerprint density at radius 2 is 1.81 bits per heavy atom. The van der Waals surface area contributed by atoms with Gasteiger partial charge in [0.15, 0.2) is 9.65 Å². The number of nitrogens with zero attached hydrogens (tertiary/aromatic N) is 1. The number of piperidine rings is 1. The number of epoxide rings is 1. The Balaban J connectivity index is 1.09. The summed E-state index contributed by atoms with van der Waals surface area (Å²) in [6.45, 7) is -0.0536.